The third kappa shape index (κ3) is 4.39. The van der Waals surface area contributed by atoms with E-state index in [1.54, 1.807) is 27.0 Å². The molecular weight excluding hydrogens is 444 g/mol. The van der Waals surface area contributed by atoms with E-state index < -0.39 is 10.0 Å². The second kappa shape index (κ2) is 9.07. The van der Waals surface area contributed by atoms with Crippen LogP contribution in [-0.2, 0) is 10.0 Å². The maximum atomic E-state index is 13.0. The van der Waals surface area contributed by atoms with Crippen LogP contribution in [0.2, 0.25) is 0 Å². The number of ether oxygens (including phenoxy) is 1. The van der Waals surface area contributed by atoms with Crippen molar-refractivity contribution in [2.24, 2.45) is 0 Å². The molecule has 0 fully saturated rings. The lowest BCUT2D eigenvalue weighted by Gasteiger charge is -2.22. The molecule has 2 aromatic rings. The molecule has 0 spiro atoms. The highest BCUT2D eigenvalue weighted by Crippen LogP contribution is 2.30. The second-order valence-corrected chi connectivity index (χ2v) is 9.07. The molecule has 2 rings (SSSR count). The van der Waals surface area contributed by atoms with Crippen LogP contribution in [0.25, 0.3) is 0 Å². The fourth-order valence-corrected chi connectivity index (χ4v) is 5.13. The third-order valence-corrected chi connectivity index (χ3v) is 7.12. The van der Waals surface area contributed by atoms with E-state index in [4.69, 9.17) is 4.74 Å². The summed E-state index contributed by atoms with van der Waals surface area (Å²) in [6, 6.07) is 10.1. The number of hydrogen-bond donors (Lipinski definition) is 0. The van der Waals surface area contributed by atoms with E-state index in [1.807, 2.05) is 25.1 Å². The van der Waals surface area contributed by atoms with E-state index >= 15 is 0 Å². The zero-order chi connectivity index (χ0) is 21.1. The average molecular weight is 469 g/mol. The van der Waals surface area contributed by atoms with Crippen LogP contribution in [0.1, 0.15) is 29.8 Å². The highest BCUT2D eigenvalue weighted by Gasteiger charge is 2.27. The molecule has 0 N–H and O–H groups in total. The number of anilines is 1. The fraction of sp³-hybridized carbons (Fsp3) is 0.350. The first kappa shape index (κ1) is 22.4. The first-order chi connectivity index (χ1) is 13.2. The molecule has 0 saturated heterocycles. The van der Waals surface area contributed by atoms with E-state index in [0.29, 0.717) is 13.1 Å². The molecule has 0 aliphatic heterocycles. The van der Waals surface area contributed by atoms with E-state index in [0.717, 1.165) is 15.7 Å². The van der Waals surface area contributed by atoms with Crippen LogP contribution in [0, 0.1) is 6.92 Å². The first-order valence-corrected chi connectivity index (χ1v) is 11.1. The van der Waals surface area contributed by atoms with Crippen molar-refractivity contribution in [3.8, 4) is 5.75 Å². The standard InChI is InChI=1S/C20H25BrN2O4S/c1-6-23(7-2)28(25,26)19-13-15(8-11-18(19)27-5)20(24)22(4)17-10-9-16(21)12-14(17)3/h8-13H,6-7H2,1-5H3. The molecule has 28 heavy (non-hydrogen) atoms. The molecule has 0 aromatic heterocycles. The van der Waals surface area contributed by atoms with Gasteiger partial charge in [-0.3, -0.25) is 4.79 Å². The first-order valence-electron chi connectivity index (χ1n) is 8.89. The van der Waals surface area contributed by atoms with Crippen molar-refractivity contribution in [1.29, 1.82) is 0 Å². The molecule has 0 aliphatic rings. The van der Waals surface area contributed by atoms with Crippen molar-refractivity contribution in [3.63, 3.8) is 0 Å². The topological polar surface area (TPSA) is 66.9 Å². The Hall–Kier alpha value is -1.90. The van der Waals surface area contributed by atoms with Crippen LogP contribution in [0.3, 0.4) is 0 Å². The van der Waals surface area contributed by atoms with Gasteiger partial charge in [0.15, 0.2) is 0 Å². The Balaban J connectivity index is 2.51. The van der Waals surface area contributed by atoms with Crippen LogP contribution < -0.4 is 9.64 Å². The molecule has 0 aliphatic carbocycles. The highest BCUT2D eigenvalue weighted by atomic mass is 79.9. The van der Waals surface area contributed by atoms with E-state index in [2.05, 4.69) is 15.9 Å². The Kier molecular flexibility index (Phi) is 7.25. The molecule has 152 valence electrons. The van der Waals surface area contributed by atoms with Crippen LogP contribution >= 0.6 is 15.9 Å². The monoisotopic (exact) mass is 468 g/mol. The van der Waals surface area contributed by atoms with Gasteiger partial charge >= 0.3 is 0 Å². The number of halogens is 1. The number of amides is 1. The van der Waals surface area contributed by atoms with Gasteiger partial charge in [-0.2, -0.15) is 4.31 Å². The Morgan fingerprint density at radius 2 is 1.75 bits per heavy atom. The van der Waals surface area contributed by atoms with Gasteiger partial charge < -0.3 is 9.64 Å². The number of carbonyl (C=O) groups is 1. The molecule has 0 radical (unpaired) electrons. The van der Waals surface area contributed by atoms with Crippen molar-refractivity contribution >= 4 is 37.5 Å². The van der Waals surface area contributed by atoms with Crippen molar-refractivity contribution in [2.75, 3.05) is 32.1 Å². The molecule has 8 heteroatoms. The molecule has 2 aromatic carbocycles. The maximum Gasteiger partial charge on any atom is 0.258 e. The molecule has 6 nitrogen and oxygen atoms in total. The summed E-state index contributed by atoms with van der Waals surface area (Å²) in [5, 5.41) is 0. The SMILES string of the molecule is CCN(CC)S(=O)(=O)c1cc(C(=O)N(C)c2ccc(Br)cc2C)ccc1OC. The highest BCUT2D eigenvalue weighted by molar-refractivity contribution is 9.10. The van der Waals surface area contributed by atoms with Crippen molar-refractivity contribution in [1.82, 2.24) is 4.31 Å². The summed E-state index contributed by atoms with van der Waals surface area (Å²) in [6.45, 7) is 6.11. The number of hydrogen-bond acceptors (Lipinski definition) is 4. The summed E-state index contributed by atoms with van der Waals surface area (Å²) in [5.74, 6) is -0.0880. The molecule has 0 atom stereocenters. The Morgan fingerprint density at radius 3 is 2.29 bits per heavy atom. The number of nitrogens with zero attached hydrogens (tertiary/aromatic N) is 2. The number of sulfonamides is 1. The van der Waals surface area contributed by atoms with E-state index in [9.17, 15) is 13.2 Å². The van der Waals surface area contributed by atoms with Gasteiger partial charge in [-0.05, 0) is 48.9 Å². The molecule has 0 bridgehead atoms. The van der Waals surface area contributed by atoms with Gasteiger partial charge in [-0.1, -0.05) is 29.8 Å². The maximum absolute atomic E-state index is 13.0. The number of rotatable bonds is 7. The molecule has 1 amide bonds. The van der Waals surface area contributed by atoms with E-state index in [1.165, 1.54) is 28.4 Å². The van der Waals surface area contributed by atoms with Crippen LogP contribution in [0.4, 0.5) is 5.69 Å². The summed E-state index contributed by atoms with van der Waals surface area (Å²) >= 11 is 3.41. The van der Waals surface area contributed by atoms with Gasteiger partial charge in [0.2, 0.25) is 10.0 Å². The van der Waals surface area contributed by atoms with Gasteiger partial charge in [-0.15, -0.1) is 0 Å². The zero-order valence-electron chi connectivity index (χ0n) is 16.7. The summed E-state index contributed by atoms with van der Waals surface area (Å²) in [7, 11) is -0.693. The lowest BCUT2D eigenvalue weighted by molar-refractivity contribution is 0.0992. The van der Waals surface area contributed by atoms with Gasteiger partial charge in [0.05, 0.1) is 7.11 Å². The molecule has 0 heterocycles. The van der Waals surface area contributed by atoms with Crippen molar-refractivity contribution < 1.29 is 17.9 Å². The predicted molar refractivity (Wildman–Crippen MR) is 115 cm³/mol. The second-order valence-electron chi connectivity index (χ2n) is 6.25. The van der Waals surface area contributed by atoms with Crippen LogP contribution in [0.5, 0.6) is 5.75 Å². The summed E-state index contributed by atoms with van der Waals surface area (Å²) in [5.41, 5.74) is 1.95. The third-order valence-electron chi connectivity index (χ3n) is 4.56. The predicted octanol–water partition coefficient (Wildman–Crippen LogP) is 4.07. The van der Waals surface area contributed by atoms with Crippen LogP contribution in [-0.4, -0.2) is 45.9 Å². The minimum absolute atomic E-state index is 0.00882. The van der Waals surface area contributed by atoms with Crippen molar-refractivity contribution in [3.05, 3.63) is 52.0 Å². The largest absolute Gasteiger partial charge is 0.495 e. The van der Waals surface area contributed by atoms with Crippen LogP contribution in [0.15, 0.2) is 45.8 Å². The molecule has 0 saturated carbocycles. The van der Waals surface area contributed by atoms with E-state index in [-0.39, 0.29) is 22.1 Å². The summed E-state index contributed by atoms with van der Waals surface area (Å²) < 4.78 is 33.5. The summed E-state index contributed by atoms with van der Waals surface area (Å²) in [4.78, 5) is 14.5. The zero-order valence-corrected chi connectivity index (χ0v) is 19.1. The minimum Gasteiger partial charge on any atom is -0.495 e. The number of carbonyl (C=O) groups excluding carboxylic acids is 1. The van der Waals surface area contributed by atoms with Gasteiger partial charge in [0, 0.05) is 35.9 Å². The number of methoxy groups -OCH3 is 1. The average Bonchev–Trinajstić information content (AvgIpc) is 2.67. The minimum atomic E-state index is -3.77. The molecular formula is C20H25BrN2O4S. The fourth-order valence-electron chi connectivity index (χ4n) is 3.01. The summed E-state index contributed by atoms with van der Waals surface area (Å²) in [6.07, 6.45) is 0. The lowest BCUT2D eigenvalue weighted by Crippen LogP contribution is -2.31. The smallest absolute Gasteiger partial charge is 0.258 e. The Labute approximate surface area is 175 Å². The normalized spacial score (nSPS) is 11.5. The molecule has 0 unspecified atom stereocenters. The Bertz CT molecular complexity index is 972. The van der Waals surface area contributed by atoms with Gasteiger partial charge in [0.25, 0.3) is 5.91 Å². The van der Waals surface area contributed by atoms with Gasteiger partial charge in [-0.25, -0.2) is 8.42 Å². The Morgan fingerprint density at radius 1 is 1.11 bits per heavy atom. The van der Waals surface area contributed by atoms with Crippen molar-refractivity contribution in [2.45, 2.75) is 25.7 Å². The number of benzene rings is 2. The van der Waals surface area contributed by atoms with Gasteiger partial charge in [0.1, 0.15) is 10.6 Å². The lowest BCUT2D eigenvalue weighted by atomic mass is 10.1. The quantitative estimate of drug-likeness (QED) is 0.613. The number of aryl methyl sites for hydroxylation is 1.